The van der Waals surface area contributed by atoms with Crippen LogP contribution in [0.2, 0.25) is 0 Å². The van der Waals surface area contributed by atoms with Gasteiger partial charge >= 0.3 is 0 Å². The number of nitrogens with one attached hydrogen (secondary N) is 3. The molecule has 1 aromatic heterocycles. The van der Waals surface area contributed by atoms with Crippen molar-refractivity contribution in [1.82, 2.24) is 15.5 Å². The highest BCUT2D eigenvalue weighted by Gasteiger charge is 2.15. The van der Waals surface area contributed by atoms with Gasteiger partial charge in [-0.25, -0.2) is 0 Å². The molecule has 21 heavy (non-hydrogen) atoms. The molecule has 3 aromatic rings. The lowest BCUT2D eigenvalue weighted by Crippen LogP contribution is -2.22. The van der Waals surface area contributed by atoms with E-state index in [1.54, 1.807) is 0 Å². The number of nitrogens with zero attached hydrogens (tertiary/aromatic N) is 1. The van der Waals surface area contributed by atoms with Crippen LogP contribution in [-0.4, -0.2) is 29.3 Å². The molecule has 4 rings (SSSR count). The number of fused-ring (bicyclic) bond motifs is 1. The second-order valence-electron chi connectivity index (χ2n) is 5.56. The molecule has 1 unspecified atom stereocenters. The van der Waals surface area contributed by atoms with Crippen molar-refractivity contribution >= 4 is 16.6 Å². The van der Waals surface area contributed by atoms with Gasteiger partial charge in [0.15, 0.2) is 0 Å². The van der Waals surface area contributed by atoms with E-state index in [4.69, 9.17) is 0 Å². The summed E-state index contributed by atoms with van der Waals surface area (Å²) in [7, 11) is 0. The zero-order valence-electron chi connectivity index (χ0n) is 11.8. The Labute approximate surface area is 123 Å². The summed E-state index contributed by atoms with van der Waals surface area (Å²) >= 11 is 0. The predicted molar refractivity (Wildman–Crippen MR) is 86.4 cm³/mol. The molecule has 2 aromatic carbocycles. The van der Waals surface area contributed by atoms with Crippen LogP contribution in [0.1, 0.15) is 6.42 Å². The number of rotatable bonds is 3. The molecule has 1 saturated heterocycles. The zero-order chi connectivity index (χ0) is 14.1. The Morgan fingerprint density at radius 2 is 1.95 bits per heavy atom. The monoisotopic (exact) mass is 278 g/mol. The fourth-order valence-corrected chi connectivity index (χ4v) is 2.89. The molecule has 1 fully saturated rings. The molecule has 0 radical (unpaired) electrons. The Balaban J connectivity index is 1.61. The van der Waals surface area contributed by atoms with Crippen LogP contribution in [0.3, 0.4) is 0 Å². The summed E-state index contributed by atoms with van der Waals surface area (Å²) in [6.45, 7) is 2.10. The summed E-state index contributed by atoms with van der Waals surface area (Å²) in [5.74, 6) is 0.923. The van der Waals surface area contributed by atoms with Crippen molar-refractivity contribution in [2.75, 3.05) is 18.4 Å². The van der Waals surface area contributed by atoms with Crippen molar-refractivity contribution < 1.29 is 0 Å². The molecular weight excluding hydrogens is 260 g/mol. The molecule has 106 valence electrons. The Kier molecular flexibility index (Phi) is 3.09. The minimum absolute atomic E-state index is 0.484. The SMILES string of the molecule is c1ccc2cc(-c3cc(NC4CCNC4)n[nH]3)ccc2c1. The van der Waals surface area contributed by atoms with Gasteiger partial charge in [-0.1, -0.05) is 36.4 Å². The molecule has 1 aliphatic heterocycles. The van der Waals surface area contributed by atoms with Crippen molar-refractivity contribution in [2.45, 2.75) is 12.5 Å². The normalized spacial score (nSPS) is 18.2. The van der Waals surface area contributed by atoms with E-state index >= 15 is 0 Å². The first-order chi connectivity index (χ1) is 10.4. The minimum atomic E-state index is 0.484. The summed E-state index contributed by atoms with van der Waals surface area (Å²) in [6.07, 6.45) is 1.15. The van der Waals surface area contributed by atoms with E-state index in [0.717, 1.165) is 31.0 Å². The van der Waals surface area contributed by atoms with Crippen LogP contribution in [-0.2, 0) is 0 Å². The van der Waals surface area contributed by atoms with Gasteiger partial charge in [-0.2, -0.15) is 5.10 Å². The van der Waals surface area contributed by atoms with Crippen LogP contribution in [0.25, 0.3) is 22.0 Å². The Morgan fingerprint density at radius 3 is 2.81 bits per heavy atom. The highest BCUT2D eigenvalue weighted by molar-refractivity contribution is 5.86. The average Bonchev–Trinajstić information content (AvgIpc) is 3.19. The fourth-order valence-electron chi connectivity index (χ4n) is 2.89. The molecule has 1 atom stereocenters. The van der Waals surface area contributed by atoms with Crippen molar-refractivity contribution in [3.63, 3.8) is 0 Å². The number of benzene rings is 2. The number of H-pyrrole nitrogens is 1. The Morgan fingerprint density at radius 1 is 1.05 bits per heavy atom. The maximum absolute atomic E-state index is 4.37. The summed E-state index contributed by atoms with van der Waals surface area (Å²) in [5, 5.41) is 16.8. The standard InChI is InChI=1S/C17H18N4/c1-2-4-13-9-14(6-5-12(13)3-1)16-10-17(21-20-16)19-15-7-8-18-11-15/h1-6,9-10,15,18H,7-8,11H2,(H2,19,20,21). The molecule has 0 saturated carbocycles. The van der Waals surface area contributed by atoms with E-state index in [-0.39, 0.29) is 0 Å². The van der Waals surface area contributed by atoms with Gasteiger partial charge in [-0.15, -0.1) is 0 Å². The van der Waals surface area contributed by atoms with Crippen LogP contribution in [0.4, 0.5) is 5.82 Å². The molecule has 1 aliphatic rings. The topological polar surface area (TPSA) is 52.7 Å². The van der Waals surface area contributed by atoms with Gasteiger partial charge in [-0.3, -0.25) is 5.10 Å². The van der Waals surface area contributed by atoms with Crippen LogP contribution in [0, 0.1) is 0 Å². The summed E-state index contributed by atoms with van der Waals surface area (Å²) in [5.41, 5.74) is 2.22. The van der Waals surface area contributed by atoms with Crippen molar-refractivity contribution in [3.05, 3.63) is 48.5 Å². The quantitative estimate of drug-likeness (QED) is 0.690. The maximum Gasteiger partial charge on any atom is 0.148 e. The molecular formula is C17H18N4. The first kappa shape index (κ1) is 12.4. The lowest BCUT2D eigenvalue weighted by atomic mass is 10.1. The van der Waals surface area contributed by atoms with Crippen LogP contribution >= 0.6 is 0 Å². The first-order valence-corrected chi connectivity index (χ1v) is 7.40. The van der Waals surface area contributed by atoms with Gasteiger partial charge in [-0.05, 0) is 29.8 Å². The van der Waals surface area contributed by atoms with Crippen LogP contribution in [0.5, 0.6) is 0 Å². The fraction of sp³-hybridized carbons (Fsp3) is 0.235. The summed E-state index contributed by atoms with van der Waals surface area (Å²) < 4.78 is 0. The lowest BCUT2D eigenvalue weighted by molar-refractivity contribution is 0.786. The number of hydrogen-bond acceptors (Lipinski definition) is 3. The highest BCUT2D eigenvalue weighted by atomic mass is 15.2. The molecule has 0 bridgehead atoms. The number of anilines is 1. The van der Waals surface area contributed by atoms with E-state index in [1.807, 2.05) is 0 Å². The molecule has 3 N–H and O–H groups in total. The summed E-state index contributed by atoms with van der Waals surface area (Å²) in [6, 6.07) is 17.5. The third kappa shape index (κ3) is 2.50. The number of aromatic amines is 1. The molecule has 0 amide bonds. The number of hydrogen-bond donors (Lipinski definition) is 3. The van der Waals surface area contributed by atoms with Gasteiger partial charge in [0, 0.05) is 24.2 Å². The smallest absolute Gasteiger partial charge is 0.148 e. The van der Waals surface area contributed by atoms with Crippen molar-refractivity contribution in [1.29, 1.82) is 0 Å². The molecule has 4 heteroatoms. The van der Waals surface area contributed by atoms with Gasteiger partial charge in [0.05, 0.1) is 5.69 Å². The van der Waals surface area contributed by atoms with E-state index in [2.05, 4.69) is 69.4 Å². The molecule has 0 aliphatic carbocycles. The predicted octanol–water partition coefficient (Wildman–Crippen LogP) is 3.00. The largest absolute Gasteiger partial charge is 0.365 e. The summed E-state index contributed by atoms with van der Waals surface area (Å²) in [4.78, 5) is 0. The zero-order valence-corrected chi connectivity index (χ0v) is 11.8. The first-order valence-electron chi connectivity index (χ1n) is 7.40. The lowest BCUT2D eigenvalue weighted by Gasteiger charge is -2.08. The van der Waals surface area contributed by atoms with Gasteiger partial charge in [0.2, 0.25) is 0 Å². The minimum Gasteiger partial charge on any atom is -0.365 e. The second kappa shape index (κ2) is 5.22. The Bertz CT molecular complexity index is 756. The highest BCUT2D eigenvalue weighted by Crippen LogP contribution is 2.24. The van der Waals surface area contributed by atoms with Crippen molar-refractivity contribution in [2.24, 2.45) is 0 Å². The average molecular weight is 278 g/mol. The number of aromatic nitrogens is 2. The van der Waals surface area contributed by atoms with E-state index < -0.39 is 0 Å². The Hall–Kier alpha value is -2.33. The maximum atomic E-state index is 4.37. The van der Waals surface area contributed by atoms with E-state index in [0.29, 0.717) is 6.04 Å². The van der Waals surface area contributed by atoms with Gasteiger partial charge in [0.1, 0.15) is 5.82 Å². The van der Waals surface area contributed by atoms with Crippen LogP contribution < -0.4 is 10.6 Å². The van der Waals surface area contributed by atoms with E-state index in [9.17, 15) is 0 Å². The van der Waals surface area contributed by atoms with Crippen LogP contribution in [0.15, 0.2) is 48.5 Å². The second-order valence-corrected chi connectivity index (χ2v) is 5.56. The third-order valence-corrected chi connectivity index (χ3v) is 4.05. The van der Waals surface area contributed by atoms with E-state index in [1.165, 1.54) is 16.3 Å². The molecule has 4 nitrogen and oxygen atoms in total. The van der Waals surface area contributed by atoms with Gasteiger partial charge < -0.3 is 10.6 Å². The van der Waals surface area contributed by atoms with Gasteiger partial charge in [0.25, 0.3) is 0 Å². The molecule has 2 heterocycles. The molecule has 0 spiro atoms. The van der Waals surface area contributed by atoms with Crippen molar-refractivity contribution in [3.8, 4) is 11.3 Å². The third-order valence-electron chi connectivity index (χ3n) is 4.05.